The van der Waals surface area contributed by atoms with Gasteiger partial charge in [0.05, 0.1) is 17.7 Å². The van der Waals surface area contributed by atoms with Crippen molar-refractivity contribution in [3.63, 3.8) is 0 Å². The van der Waals surface area contributed by atoms with E-state index in [2.05, 4.69) is 31.9 Å². The van der Waals surface area contributed by atoms with E-state index in [-0.39, 0.29) is 6.10 Å². The number of methoxy groups -OCH3 is 1. The number of fused-ring (bicyclic) bond motifs is 1. The fourth-order valence-electron chi connectivity index (χ4n) is 2.50. The zero-order valence-electron chi connectivity index (χ0n) is 11.3. The van der Waals surface area contributed by atoms with E-state index in [1.54, 1.807) is 7.11 Å². The molecule has 0 bridgehead atoms. The van der Waals surface area contributed by atoms with Gasteiger partial charge in [-0.15, -0.1) is 0 Å². The highest BCUT2D eigenvalue weighted by Gasteiger charge is 2.28. The van der Waals surface area contributed by atoms with Crippen LogP contribution in [0.5, 0.6) is 11.5 Å². The topological polar surface area (TPSA) is 38.7 Å². The Morgan fingerprint density at radius 1 is 1.19 bits per heavy atom. The van der Waals surface area contributed by atoms with Crippen LogP contribution in [0.4, 0.5) is 0 Å². The van der Waals surface area contributed by atoms with Crippen LogP contribution in [0.15, 0.2) is 45.3 Å². The predicted octanol–water partition coefficient (Wildman–Crippen LogP) is 4.78. The molecule has 2 aromatic rings. The Kier molecular flexibility index (Phi) is 4.24. The minimum Gasteiger partial charge on any atom is -0.496 e. The summed E-state index contributed by atoms with van der Waals surface area (Å²) in [6.45, 7) is 0. The van der Waals surface area contributed by atoms with Gasteiger partial charge in [0, 0.05) is 16.5 Å². The molecule has 1 aliphatic heterocycles. The first-order valence-electron chi connectivity index (χ1n) is 6.56. The number of hydrogen-bond donors (Lipinski definition) is 1. The monoisotopic (exact) mass is 412 g/mol. The molecular formula is C16H14Br2O3. The highest BCUT2D eigenvalue weighted by molar-refractivity contribution is 9.10. The van der Waals surface area contributed by atoms with Crippen LogP contribution < -0.4 is 9.47 Å². The molecule has 2 aromatic carbocycles. The van der Waals surface area contributed by atoms with Crippen molar-refractivity contribution in [1.82, 2.24) is 0 Å². The molecule has 1 heterocycles. The number of rotatable bonds is 2. The third kappa shape index (κ3) is 2.96. The average Bonchev–Trinajstić information content (AvgIpc) is 2.46. The lowest BCUT2D eigenvalue weighted by molar-refractivity contribution is 0.0656. The summed E-state index contributed by atoms with van der Waals surface area (Å²) in [5.74, 6) is 1.50. The molecule has 0 radical (unpaired) electrons. The van der Waals surface area contributed by atoms with E-state index >= 15 is 0 Å². The van der Waals surface area contributed by atoms with Gasteiger partial charge in [0.2, 0.25) is 0 Å². The van der Waals surface area contributed by atoms with Crippen molar-refractivity contribution >= 4 is 31.9 Å². The Balaban J connectivity index is 1.93. The number of aliphatic hydroxyl groups excluding tert-OH is 1. The molecule has 1 unspecified atom stereocenters. The minimum absolute atomic E-state index is 0.177. The molecule has 21 heavy (non-hydrogen) atoms. The van der Waals surface area contributed by atoms with Crippen LogP contribution >= 0.6 is 31.9 Å². The lowest BCUT2D eigenvalue weighted by atomic mass is 9.95. The largest absolute Gasteiger partial charge is 0.496 e. The molecular weight excluding hydrogens is 400 g/mol. The van der Waals surface area contributed by atoms with Crippen LogP contribution in [0, 0.1) is 0 Å². The maximum Gasteiger partial charge on any atom is 0.133 e. The van der Waals surface area contributed by atoms with Crippen LogP contribution in [0.25, 0.3) is 0 Å². The summed E-state index contributed by atoms with van der Waals surface area (Å²) in [5.41, 5.74) is 1.84. The Bertz CT molecular complexity index is 673. The molecule has 0 fully saturated rings. The van der Waals surface area contributed by atoms with Crippen LogP contribution in [0.3, 0.4) is 0 Å². The van der Waals surface area contributed by atoms with Crippen molar-refractivity contribution in [1.29, 1.82) is 0 Å². The second-order valence-electron chi connectivity index (χ2n) is 4.93. The SMILES string of the molecule is COc1ccc(C2C[C@@H](O)c3ccc(Br)cc3O2)cc1Br. The Morgan fingerprint density at radius 3 is 2.71 bits per heavy atom. The molecule has 3 rings (SSSR count). The quantitative estimate of drug-likeness (QED) is 0.769. The number of aliphatic hydroxyl groups is 1. The van der Waals surface area contributed by atoms with Crippen LogP contribution in [-0.2, 0) is 0 Å². The smallest absolute Gasteiger partial charge is 0.133 e. The Morgan fingerprint density at radius 2 is 2.00 bits per heavy atom. The summed E-state index contributed by atoms with van der Waals surface area (Å²) in [6.07, 6.45) is -0.162. The molecule has 0 saturated heterocycles. The molecule has 0 saturated carbocycles. The molecule has 5 heteroatoms. The standard InChI is InChI=1S/C16H14Br2O3/c1-20-14-5-2-9(6-12(14)18)15-8-13(19)11-4-3-10(17)7-16(11)21-15/h2-7,13,15,19H,8H2,1H3/t13-,15?/m1/s1. The van der Waals surface area contributed by atoms with Crippen LogP contribution in [-0.4, -0.2) is 12.2 Å². The molecule has 0 aliphatic carbocycles. The number of ether oxygens (including phenoxy) is 2. The second kappa shape index (κ2) is 5.99. The molecule has 0 amide bonds. The third-order valence-corrected chi connectivity index (χ3v) is 4.70. The van der Waals surface area contributed by atoms with Crippen molar-refractivity contribution in [2.75, 3.05) is 7.11 Å². The van der Waals surface area contributed by atoms with Gasteiger partial charge in [-0.05, 0) is 45.8 Å². The van der Waals surface area contributed by atoms with Gasteiger partial charge < -0.3 is 14.6 Å². The number of hydrogen-bond acceptors (Lipinski definition) is 3. The lowest BCUT2D eigenvalue weighted by Crippen LogP contribution is -2.19. The second-order valence-corrected chi connectivity index (χ2v) is 6.70. The van der Waals surface area contributed by atoms with Crippen molar-refractivity contribution in [2.45, 2.75) is 18.6 Å². The summed E-state index contributed by atoms with van der Waals surface area (Å²) >= 11 is 6.91. The lowest BCUT2D eigenvalue weighted by Gasteiger charge is -2.30. The summed E-state index contributed by atoms with van der Waals surface area (Å²) in [5, 5.41) is 10.3. The van der Waals surface area contributed by atoms with Crippen LogP contribution in [0.1, 0.15) is 29.8 Å². The molecule has 1 N–H and O–H groups in total. The molecule has 110 valence electrons. The maximum absolute atomic E-state index is 10.3. The van der Waals surface area contributed by atoms with Crippen molar-refractivity contribution in [3.05, 3.63) is 56.5 Å². The van der Waals surface area contributed by atoms with Crippen molar-refractivity contribution < 1.29 is 14.6 Å². The minimum atomic E-state index is -0.521. The van der Waals surface area contributed by atoms with Gasteiger partial charge in [-0.3, -0.25) is 0 Å². The zero-order valence-corrected chi connectivity index (χ0v) is 14.5. The third-order valence-electron chi connectivity index (χ3n) is 3.59. The summed E-state index contributed by atoms with van der Waals surface area (Å²) in [6, 6.07) is 11.5. The van der Waals surface area contributed by atoms with Gasteiger partial charge in [-0.2, -0.15) is 0 Å². The zero-order chi connectivity index (χ0) is 15.0. The highest BCUT2D eigenvalue weighted by Crippen LogP contribution is 2.42. The van der Waals surface area contributed by atoms with E-state index in [1.807, 2.05) is 36.4 Å². The predicted molar refractivity (Wildman–Crippen MR) is 87.8 cm³/mol. The van der Waals surface area contributed by atoms with Crippen molar-refractivity contribution in [3.8, 4) is 11.5 Å². The molecule has 0 aromatic heterocycles. The van der Waals surface area contributed by atoms with E-state index in [1.165, 1.54) is 0 Å². The van der Waals surface area contributed by atoms with Gasteiger partial charge in [-0.25, -0.2) is 0 Å². The van der Waals surface area contributed by atoms with Gasteiger partial charge in [0.1, 0.15) is 17.6 Å². The fourth-order valence-corrected chi connectivity index (χ4v) is 3.40. The summed E-state index contributed by atoms with van der Waals surface area (Å²) in [4.78, 5) is 0. The maximum atomic E-state index is 10.3. The molecule has 2 atom stereocenters. The van der Waals surface area contributed by atoms with E-state index in [4.69, 9.17) is 9.47 Å². The Hall–Kier alpha value is -1.04. The first-order chi connectivity index (χ1) is 10.1. The summed E-state index contributed by atoms with van der Waals surface area (Å²) < 4.78 is 13.1. The van der Waals surface area contributed by atoms with Gasteiger partial charge >= 0.3 is 0 Å². The van der Waals surface area contributed by atoms with E-state index in [0.717, 1.165) is 31.6 Å². The highest BCUT2D eigenvalue weighted by atomic mass is 79.9. The summed E-state index contributed by atoms with van der Waals surface area (Å²) in [7, 11) is 1.63. The normalized spacial score (nSPS) is 20.6. The van der Waals surface area contributed by atoms with Crippen molar-refractivity contribution in [2.24, 2.45) is 0 Å². The average molecular weight is 414 g/mol. The molecule has 1 aliphatic rings. The van der Waals surface area contributed by atoms with E-state index in [9.17, 15) is 5.11 Å². The fraction of sp³-hybridized carbons (Fsp3) is 0.250. The van der Waals surface area contributed by atoms with E-state index in [0.29, 0.717) is 6.42 Å². The Labute approximate surface area is 140 Å². The number of halogens is 2. The first-order valence-corrected chi connectivity index (χ1v) is 8.14. The van der Waals surface area contributed by atoms with Gasteiger partial charge in [-0.1, -0.05) is 28.1 Å². The molecule has 3 nitrogen and oxygen atoms in total. The first kappa shape index (κ1) is 14.9. The number of benzene rings is 2. The van der Waals surface area contributed by atoms with Gasteiger partial charge in [0.25, 0.3) is 0 Å². The van der Waals surface area contributed by atoms with E-state index < -0.39 is 6.10 Å². The molecule has 0 spiro atoms. The van der Waals surface area contributed by atoms with Crippen LogP contribution in [0.2, 0.25) is 0 Å². The van der Waals surface area contributed by atoms with Gasteiger partial charge in [0.15, 0.2) is 0 Å².